The molecule has 0 bridgehead atoms. The van der Waals surface area contributed by atoms with Gasteiger partial charge in [-0.3, -0.25) is 18.6 Å². The van der Waals surface area contributed by atoms with Crippen LogP contribution in [0.1, 0.15) is 194 Å². The average Bonchev–Trinajstić information content (AvgIpc) is 3.15. The summed E-state index contributed by atoms with van der Waals surface area (Å²) >= 11 is 0. The molecule has 56 heavy (non-hydrogen) atoms. The van der Waals surface area contributed by atoms with Crippen molar-refractivity contribution in [3.63, 3.8) is 0 Å². The highest BCUT2D eigenvalue weighted by Gasteiger charge is 2.27. The summed E-state index contributed by atoms with van der Waals surface area (Å²) in [7, 11) is 1.46. The third kappa shape index (κ3) is 41.9. The summed E-state index contributed by atoms with van der Waals surface area (Å²) in [6, 6.07) is 0. The molecule has 0 aliphatic heterocycles. The summed E-state index contributed by atoms with van der Waals surface area (Å²) in [6.45, 7) is 4.29. The summed E-state index contributed by atoms with van der Waals surface area (Å²) in [5.74, 6) is -0.828. The molecule has 0 heterocycles. The van der Waals surface area contributed by atoms with E-state index in [0.717, 1.165) is 57.8 Å². The molecule has 0 aromatic rings. The minimum atomic E-state index is -4.38. The fraction of sp³-hybridized carbons (Fsp3) is 0.826. The highest BCUT2D eigenvalue weighted by molar-refractivity contribution is 7.47. The zero-order chi connectivity index (χ0) is 41.4. The van der Waals surface area contributed by atoms with Crippen LogP contribution in [0.25, 0.3) is 0 Å². The van der Waals surface area contributed by atoms with Crippen LogP contribution >= 0.6 is 7.82 Å². The molecule has 10 heteroatoms. The maximum Gasteiger partial charge on any atom is 0.472 e. The molecule has 0 aromatic carbocycles. The number of allylic oxidation sites excluding steroid dienone is 6. The summed E-state index contributed by atoms with van der Waals surface area (Å²) in [6.07, 6.45) is 43.4. The van der Waals surface area contributed by atoms with Gasteiger partial charge in [-0.1, -0.05) is 172 Å². The Morgan fingerprint density at radius 2 is 1.02 bits per heavy atom. The van der Waals surface area contributed by atoms with Crippen molar-refractivity contribution in [3.8, 4) is 0 Å². The molecule has 0 rings (SSSR count). The molecule has 0 amide bonds. The molecular formula is C46H87NO8P+. The van der Waals surface area contributed by atoms with E-state index in [2.05, 4.69) is 50.3 Å². The highest BCUT2D eigenvalue weighted by Crippen LogP contribution is 2.43. The second-order valence-corrected chi connectivity index (χ2v) is 17.9. The van der Waals surface area contributed by atoms with Gasteiger partial charge in [-0.15, -0.1) is 0 Å². The lowest BCUT2D eigenvalue weighted by Crippen LogP contribution is -2.37. The molecule has 2 atom stereocenters. The zero-order valence-electron chi connectivity index (χ0n) is 36.9. The Hall–Kier alpha value is -1.77. The second kappa shape index (κ2) is 38.7. The van der Waals surface area contributed by atoms with Crippen LogP contribution in [0.5, 0.6) is 0 Å². The number of hydrogen-bond donors (Lipinski definition) is 1. The first kappa shape index (κ1) is 54.2. The van der Waals surface area contributed by atoms with Crippen LogP contribution in [-0.2, 0) is 32.7 Å². The molecule has 2 unspecified atom stereocenters. The van der Waals surface area contributed by atoms with Gasteiger partial charge in [0.2, 0.25) is 0 Å². The van der Waals surface area contributed by atoms with Crippen molar-refractivity contribution in [2.24, 2.45) is 0 Å². The second-order valence-electron chi connectivity index (χ2n) is 16.4. The fourth-order valence-corrected chi connectivity index (χ4v) is 6.89. The van der Waals surface area contributed by atoms with Crippen molar-refractivity contribution in [1.82, 2.24) is 0 Å². The number of nitrogens with zero attached hydrogens (tertiary/aromatic N) is 1. The molecule has 0 aliphatic rings. The van der Waals surface area contributed by atoms with Crippen molar-refractivity contribution in [2.45, 2.75) is 200 Å². The summed E-state index contributed by atoms with van der Waals surface area (Å²) < 4.78 is 34.3. The largest absolute Gasteiger partial charge is 0.472 e. The van der Waals surface area contributed by atoms with Crippen molar-refractivity contribution in [3.05, 3.63) is 36.5 Å². The lowest BCUT2D eigenvalue weighted by Gasteiger charge is -2.24. The van der Waals surface area contributed by atoms with Crippen molar-refractivity contribution < 1.29 is 42.1 Å². The van der Waals surface area contributed by atoms with E-state index in [0.29, 0.717) is 17.4 Å². The van der Waals surface area contributed by atoms with E-state index in [9.17, 15) is 19.0 Å². The minimum Gasteiger partial charge on any atom is -0.462 e. The molecule has 0 spiro atoms. The van der Waals surface area contributed by atoms with Gasteiger partial charge in [0.25, 0.3) is 0 Å². The number of hydrogen-bond acceptors (Lipinski definition) is 7. The third-order valence-electron chi connectivity index (χ3n) is 9.68. The van der Waals surface area contributed by atoms with E-state index in [1.807, 2.05) is 21.1 Å². The number of phosphoric ester groups is 1. The fourth-order valence-electron chi connectivity index (χ4n) is 6.15. The number of ether oxygens (including phenoxy) is 2. The number of rotatable bonds is 41. The predicted octanol–water partition coefficient (Wildman–Crippen LogP) is 12.9. The Morgan fingerprint density at radius 1 is 0.571 bits per heavy atom. The number of carbonyl (C=O) groups is 2. The van der Waals surface area contributed by atoms with Crippen molar-refractivity contribution in [2.75, 3.05) is 47.5 Å². The monoisotopic (exact) mass is 813 g/mol. The molecule has 328 valence electrons. The van der Waals surface area contributed by atoms with E-state index in [4.69, 9.17) is 18.5 Å². The first-order valence-electron chi connectivity index (χ1n) is 22.7. The number of phosphoric acid groups is 1. The Labute approximate surface area is 344 Å². The smallest absolute Gasteiger partial charge is 0.462 e. The number of esters is 2. The number of quaternary nitrogens is 1. The maximum absolute atomic E-state index is 12.7. The van der Waals surface area contributed by atoms with Crippen LogP contribution in [0.4, 0.5) is 0 Å². The van der Waals surface area contributed by atoms with Crippen LogP contribution in [0.15, 0.2) is 36.5 Å². The Balaban J connectivity index is 4.30. The number of likely N-dealkylation sites (N-methyl/N-ethyl adjacent to an activating group) is 1. The Bertz CT molecular complexity index is 1050. The standard InChI is InChI=1S/C46H86NO8P/c1-6-8-10-12-14-16-18-20-21-22-23-24-25-27-28-30-32-34-36-38-45(48)52-42-44(43-54-56(50,51)53-41-40-47(3,4)5)55-46(49)39-37-35-33-31-29-26-19-17-15-13-11-9-7-2/h9,11,15,17,26,29,44H,6-8,10,12-14,16,18-25,27-28,30-43H2,1-5H3/p+1/b11-9-,17-15-,29-26-. The summed E-state index contributed by atoms with van der Waals surface area (Å²) in [5, 5.41) is 0. The van der Waals surface area contributed by atoms with Gasteiger partial charge in [-0.05, 0) is 44.9 Å². The lowest BCUT2D eigenvalue weighted by atomic mass is 10.0. The van der Waals surface area contributed by atoms with Crippen LogP contribution < -0.4 is 0 Å². The van der Waals surface area contributed by atoms with Crippen LogP contribution in [0.3, 0.4) is 0 Å². The molecule has 0 fully saturated rings. The SMILES string of the molecule is CC/C=C\C/C=C\C/C=C\CCCCCC(=O)OC(COC(=O)CCCCCCCCCCCCCCCCCCCCC)COP(=O)(O)OCC[N+](C)(C)C. The first-order valence-corrected chi connectivity index (χ1v) is 24.2. The minimum absolute atomic E-state index is 0.0265. The van der Waals surface area contributed by atoms with E-state index in [1.54, 1.807) is 0 Å². The van der Waals surface area contributed by atoms with Crippen molar-refractivity contribution >= 4 is 19.8 Å². The Morgan fingerprint density at radius 3 is 1.52 bits per heavy atom. The van der Waals surface area contributed by atoms with E-state index >= 15 is 0 Å². The van der Waals surface area contributed by atoms with Gasteiger partial charge in [0.1, 0.15) is 19.8 Å². The van der Waals surface area contributed by atoms with Crippen LogP contribution in [0.2, 0.25) is 0 Å². The Kier molecular flexibility index (Phi) is 37.5. The van der Waals surface area contributed by atoms with E-state index in [-0.39, 0.29) is 32.0 Å². The molecule has 0 saturated carbocycles. The maximum atomic E-state index is 12.7. The summed E-state index contributed by atoms with van der Waals surface area (Å²) in [5.41, 5.74) is 0. The van der Waals surface area contributed by atoms with Crippen LogP contribution in [0, 0.1) is 0 Å². The van der Waals surface area contributed by atoms with E-state index < -0.39 is 26.5 Å². The number of carbonyl (C=O) groups excluding carboxylic acids is 2. The topological polar surface area (TPSA) is 108 Å². The molecule has 1 N–H and O–H groups in total. The zero-order valence-corrected chi connectivity index (χ0v) is 37.8. The van der Waals surface area contributed by atoms with Gasteiger partial charge in [-0.2, -0.15) is 0 Å². The highest BCUT2D eigenvalue weighted by atomic mass is 31.2. The predicted molar refractivity (Wildman–Crippen MR) is 234 cm³/mol. The van der Waals surface area contributed by atoms with Gasteiger partial charge in [-0.25, -0.2) is 4.57 Å². The lowest BCUT2D eigenvalue weighted by molar-refractivity contribution is -0.870. The quantitative estimate of drug-likeness (QED) is 0.0214. The molecule has 9 nitrogen and oxygen atoms in total. The van der Waals surface area contributed by atoms with Gasteiger partial charge >= 0.3 is 19.8 Å². The van der Waals surface area contributed by atoms with Crippen molar-refractivity contribution in [1.29, 1.82) is 0 Å². The molecule has 0 saturated heterocycles. The van der Waals surface area contributed by atoms with Crippen LogP contribution in [-0.4, -0.2) is 74.9 Å². The molecular weight excluding hydrogens is 725 g/mol. The normalized spacial score (nSPS) is 13.9. The number of unbranched alkanes of at least 4 members (excludes halogenated alkanes) is 21. The average molecular weight is 813 g/mol. The van der Waals surface area contributed by atoms with E-state index in [1.165, 1.54) is 103 Å². The summed E-state index contributed by atoms with van der Waals surface area (Å²) in [4.78, 5) is 35.3. The van der Waals surface area contributed by atoms with Gasteiger partial charge in [0.05, 0.1) is 27.7 Å². The molecule has 0 aliphatic carbocycles. The van der Waals surface area contributed by atoms with Gasteiger partial charge in [0.15, 0.2) is 6.10 Å². The van der Waals surface area contributed by atoms with Gasteiger partial charge in [0, 0.05) is 12.8 Å². The molecule has 0 radical (unpaired) electrons. The van der Waals surface area contributed by atoms with Gasteiger partial charge < -0.3 is 18.9 Å². The molecule has 0 aromatic heterocycles. The first-order chi connectivity index (χ1) is 27.0. The third-order valence-corrected chi connectivity index (χ3v) is 10.7.